The maximum Gasteiger partial charge on any atom is 0.248 e. The van der Waals surface area contributed by atoms with Crippen LogP contribution < -0.4 is 5.32 Å². The van der Waals surface area contributed by atoms with Crippen LogP contribution in [0.15, 0.2) is 54.0 Å². The van der Waals surface area contributed by atoms with Crippen molar-refractivity contribution in [2.75, 3.05) is 5.32 Å². The monoisotopic (exact) mass is 795 g/mol. The molecule has 1 N–H and O–H groups in total. The number of rotatable bonds is 8. The molecule has 2 aliphatic heterocycles. The van der Waals surface area contributed by atoms with Gasteiger partial charge in [0.15, 0.2) is 5.78 Å². The Labute approximate surface area is 280 Å². The molecule has 7 rings (SSSR count). The van der Waals surface area contributed by atoms with Crippen LogP contribution in [0.5, 0.6) is 0 Å². The number of likely N-dealkylation sites (tertiary alicyclic amines) is 1. The number of ketones is 1. The maximum atomic E-state index is 14.3. The number of fused-ring (bicyclic) bond motifs is 2. The summed E-state index contributed by atoms with van der Waals surface area (Å²) in [5.74, 6) is 0.217. The Morgan fingerprint density at radius 2 is 1.93 bits per heavy atom. The van der Waals surface area contributed by atoms with Gasteiger partial charge in [-0.3, -0.25) is 28.7 Å². The third-order valence-electron chi connectivity index (χ3n) is 8.22. The molecule has 7 heterocycles. The van der Waals surface area contributed by atoms with Crippen LogP contribution in [0.4, 0.5) is 5.82 Å². The number of nitrogens with zero attached hydrogens (tertiary/aromatic N) is 10. The van der Waals surface area contributed by atoms with Crippen molar-refractivity contribution in [1.29, 1.82) is 0 Å². The summed E-state index contributed by atoms with van der Waals surface area (Å²) in [6, 6.07) is 4.42. The molecule has 0 spiro atoms. The average Bonchev–Trinajstić information content (AvgIpc) is 3.72. The van der Waals surface area contributed by atoms with Crippen molar-refractivity contribution in [3.63, 3.8) is 0 Å². The molecule has 0 aliphatic carbocycles. The first-order valence-corrected chi connectivity index (χ1v) is 17.5. The van der Waals surface area contributed by atoms with Crippen molar-refractivity contribution in [2.45, 2.75) is 55.8 Å². The topological polar surface area (TPSA) is 167 Å². The van der Waals surface area contributed by atoms with Crippen LogP contribution in [-0.4, -0.2) is 86.5 Å². The number of carbonyl (C=O) groups excluding carboxylic acids is 3. The molecule has 0 bridgehead atoms. The highest BCUT2D eigenvalue weighted by Gasteiger charge is 2.59. The first-order valence-electron chi connectivity index (χ1n) is 14.3. The molecule has 234 valence electrons. The highest BCUT2D eigenvalue weighted by atomic mass is 127. The number of aromatic nitrogens is 9. The minimum absolute atomic E-state index is 0.182. The number of carbonyl (C=O) groups is 3. The Balaban J connectivity index is 1.22. The van der Waals surface area contributed by atoms with E-state index in [-0.39, 0.29) is 39.3 Å². The van der Waals surface area contributed by atoms with Crippen molar-refractivity contribution in [1.82, 2.24) is 49.4 Å². The highest BCUT2D eigenvalue weighted by Crippen LogP contribution is 2.51. The number of alkyl halides is 1. The van der Waals surface area contributed by atoms with Gasteiger partial charge in [0.1, 0.15) is 47.2 Å². The number of halogens is 2. The van der Waals surface area contributed by atoms with Crippen molar-refractivity contribution in [3.05, 3.63) is 71.1 Å². The van der Waals surface area contributed by atoms with E-state index < -0.39 is 26.8 Å². The molecule has 5 aromatic heterocycles. The van der Waals surface area contributed by atoms with Crippen molar-refractivity contribution >= 4 is 75.0 Å². The number of nitrogens with one attached hydrogen (secondary N) is 1. The lowest BCUT2D eigenvalue weighted by Crippen LogP contribution is -2.54. The van der Waals surface area contributed by atoms with Crippen LogP contribution in [0.1, 0.15) is 35.2 Å². The lowest BCUT2D eigenvalue weighted by molar-refractivity contribution is -0.138. The number of aryl methyl sites for hydroxylation is 2. The van der Waals surface area contributed by atoms with Gasteiger partial charge in [-0.05, 0) is 57.9 Å². The fourth-order valence-electron chi connectivity index (χ4n) is 5.89. The van der Waals surface area contributed by atoms with Gasteiger partial charge in [0.05, 0.1) is 33.4 Å². The summed E-state index contributed by atoms with van der Waals surface area (Å²) >= 11 is 2.93. The molecular formula is C30H27BrIN11O3. The van der Waals surface area contributed by atoms with E-state index in [4.69, 9.17) is 0 Å². The van der Waals surface area contributed by atoms with Gasteiger partial charge in [-0.15, -0.1) is 20.7 Å². The molecule has 5 aromatic rings. The third-order valence-corrected chi connectivity index (χ3v) is 12.4. The molecular weight excluding hydrogens is 769 g/mol. The molecule has 0 radical (unpaired) electrons. The summed E-state index contributed by atoms with van der Waals surface area (Å²) in [7, 11) is 0. The molecule has 1 fully saturated rings. The summed E-state index contributed by atoms with van der Waals surface area (Å²) in [5.41, 5.74) is 2.84. The maximum absolute atomic E-state index is 14.3. The van der Waals surface area contributed by atoms with E-state index in [1.165, 1.54) is 17.9 Å². The van der Waals surface area contributed by atoms with Crippen LogP contribution >= 0.6 is 36.7 Å². The Morgan fingerprint density at radius 3 is 2.63 bits per heavy atom. The van der Waals surface area contributed by atoms with Crippen molar-refractivity contribution in [3.8, 4) is 11.3 Å². The van der Waals surface area contributed by atoms with Gasteiger partial charge in [0.25, 0.3) is 0 Å². The number of pyridine rings is 2. The number of anilines is 1. The van der Waals surface area contributed by atoms with E-state index in [0.717, 1.165) is 5.56 Å². The molecule has 0 saturated carbocycles. The molecule has 16 heteroatoms. The van der Waals surface area contributed by atoms with E-state index >= 15 is 0 Å². The zero-order valence-electron chi connectivity index (χ0n) is 24.9. The smallest absolute Gasteiger partial charge is 0.248 e. The van der Waals surface area contributed by atoms with Crippen molar-refractivity contribution in [2.24, 2.45) is 0 Å². The van der Waals surface area contributed by atoms with Gasteiger partial charge < -0.3 is 10.2 Å². The second kappa shape index (κ2) is 11.8. The largest absolute Gasteiger partial charge is 0.321 e. The summed E-state index contributed by atoms with van der Waals surface area (Å²) in [6.07, 6.45) is 8.56. The zero-order chi connectivity index (χ0) is 32.2. The predicted molar refractivity (Wildman–Crippen MR) is 180 cm³/mol. The molecule has 46 heavy (non-hydrogen) atoms. The summed E-state index contributed by atoms with van der Waals surface area (Å²) in [4.78, 5) is 64.1. The standard InChI is InChI=1S/C30H27BrIN11O3/c1-16-4-5-25(31)38-28(16)39-29(46)22-7-30(13-41-15-33-14-37-41)24(8-32-30)43(22)26(45)12-42-23-11-36-21(19-9-34-18(3)35-10-19)6-20(23)27(40-42)17(2)44/h4-6,8-11,14-15,22,24H,7,12-13H2,1-3H3,(H,38,39,46)/t22-,24+,30-/m0/s1. The van der Waals surface area contributed by atoms with Gasteiger partial charge >= 0.3 is 0 Å². The van der Waals surface area contributed by atoms with Crippen LogP contribution in [0.25, 0.3) is 22.2 Å². The Morgan fingerprint density at radius 1 is 1.13 bits per heavy atom. The Kier molecular flexibility index (Phi) is 7.78. The molecule has 14 nitrogen and oxygen atoms in total. The fourth-order valence-corrected chi connectivity index (χ4v) is 9.76. The van der Waals surface area contributed by atoms with E-state index in [1.54, 1.807) is 53.6 Å². The van der Waals surface area contributed by atoms with Crippen LogP contribution in [0.3, 0.4) is 0 Å². The van der Waals surface area contributed by atoms with E-state index in [9.17, 15) is 14.4 Å². The average molecular weight is 796 g/mol. The van der Waals surface area contributed by atoms with Gasteiger partial charge in [-0.1, -0.05) is 6.07 Å². The third kappa shape index (κ3) is 5.42. The molecule has 2 amide bonds. The molecule has 2 aliphatic rings. The Bertz CT molecular complexity index is 2050. The lowest BCUT2D eigenvalue weighted by atomic mass is 9.99. The second-order valence-corrected chi connectivity index (χ2v) is 15.6. The van der Waals surface area contributed by atoms with E-state index in [2.05, 4.69) is 60.4 Å². The summed E-state index contributed by atoms with van der Waals surface area (Å²) < 4.78 is 5.74. The van der Waals surface area contributed by atoms with E-state index in [1.807, 2.05) is 13.0 Å². The number of amides is 2. The predicted octanol–water partition coefficient (Wildman–Crippen LogP) is 3.29. The fraction of sp³-hybridized carbons (Fsp3) is 0.300. The minimum Gasteiger partial charge on any atom is -0.321 e. The van der Waals surface area contributed by atoms with Gasteiger partial charge in [0.2, 0.25) is 11.8 Å². The molecule has 0 aromatic carbocycles. The SMILES string of the molecule is CC(=O)c1nn(CC(=O)N2[C@H](C(=O)Nc3nc(Br)ccc3C)C[C@@]3(Cn4cncn4)I=C[C@@H]23)c2cnc(-c3cnc(C)nc3)cc12. The lowest BCUT2D eigenvalue weighted by Gasteiger charge is -2.39. The first kappa shape index (κ1) is 30.3. The van der Waals surface area contributed by atoms with Crippen molar-refractivity contribution < 1.29 is 14.4 Å². The number of hydrogen-bond donors (Lipinski definition) is 1. The van der Waals surface area contributed by atoms with Gasteiger partial charge in [-0.2, -0.15) is 10.2 Å². The number of Topliss-reactive ketones (excluding diaryl/α,β-unsaturated/α-hetero) is 1. The zero-order valence-corrected chi connectivity index (χ0v) is 28.7. The van der Waals surface area contributed by atoms with Gasteiger partial charge in [0, 0.05) is 30.3 Å². The molecule has 0 unspecified atom stereocenters. The van der Waals surface area contributed by atoms with Crippen LogP contribution in [-0.2, 0) is 22.7 Å². The quantitative estimate of drug-likeness (QED) is 0.107. The van der Waals surface area contributed by atoms with Crippen LogP contribution in [0, 0.1) is 13.8 Å². The molecule has 1 saturated heterocycles. The molecule has 3 atom stereocenters. The minimum atomic E-state index is -0.750. The summed E-state index contributed by atoms with van der Waals surface area (Å²) in [6.45, 7) is 5.47. The summed E-state index contributed by atoms with van der Waals surface area (Å²) in [5, 5.41) is 12.4. The second-order valence-electron chi connectivity index (χ2n) is 11.3. The van der Waals surface area contributed by atoms with Gasteiger partial charge in [-0.25, -0.2) is 19.9 Å². The Hall–Kier alpha value is -4.32. The van der Waals surface area contributed by atoms with E-state index in [0.29, 0.717) is 51.4 Å². The normalized spacial score (nSPS) is 20.2. The number of hydrogen-bond acceptors (Lipinski definition) is 10. The highest BCUT2D eigenvalue weighted by molar-refractivity contribution is 14.2. The first-order chi connectivity index (χ1) is 22.1. The van der Waals surface area contributed by atoms with Crippen LogP contribution in [0.2, 0.25) is 0 Å².